The molecule has 0 bridgehead atoms. The number of rotatable bonds is 9. The third-order valence-electron chi connectivity index (χ3n) is 7.54. The van der Waals surface area contributed by atoms with Gasteiger partial charge in [-0.3, -0.25) is 14.0 Å². The van der Waals surface area contributed by atoms with Crippen LogP contribution in [0.5, 0.6) is 5.75 Å². The summed E-state index contributed by atoms with van der Waals surface area (Å²) in [4.78, 5) is 17.7. The summed E-state index contributed by atoms with van der Waals surface area (Å²) in [5.74, 6) is -0.662. The van der Waals surface area contributed by atoms with E-state index < -0.39 is 22.4 Å². The Bertz CT molecular complexity index is 1570. The Morgan fingerprint density at radius 1 is 0.857 bits per heavy atom. The second-order valence-corrected chi connectivity index (χ2v) is 12.1. The van der Waals surface area contributed by atoms with Gasteiger partial charge in [0.2, 0.25) is 5.91 Å². The van der Waals surface area contributed by atoms with Crippen LogP contribution in [-0.2, 0) is 14.8 Å². The number of piperazine rings is 1. The lowest BCUT2D eigenvalue weighted by atomic mass is 9.96. The smallest absolute Gasteiger partial charge is 0.268 e. The lowest BCUT2D eigenvalue weighted by molar-refractivity contribution is -0.131. The first-order valence-electron chi connectivity index (χ1n) is 13.8. The van der Waals surface area contributed by atoms with Crippen LogP contribution in [0.1, 0.15) is 22.7 Å². The van der Waals surface area contributed by atoms with E-state index in [-0.39, 0.29) is 28.3 Å². The molecule has 4 aromatic rings. The van der Waals surface area contributed by atoms with Gasteiger partial charge in [-0.05, 0) is 60.0 Å². The predicted molar refractivity (Wildman–Crippen MR) is 162 cm³/mol. The van der Waals surface area contributed by atoms with Crippen LogP contribution in [0.15, 0.2) is 108 Å². The first-order valence-corrected chi connectivity index (χ1v) is 15.3. The highest BCUT2D eigenvalue weighted by molar-refractivity contribution is 7.93. The zero-order valence-corrected chi connectivity index (χ0v) is 24.5. The van der Waals surface area contributed by atoms with Crippen molar-refractivity contribution in [2.24, 2.45) is 0 Å². The SMILES string of the molecule is COc1ccc(C)cc1S(=O)(=O)N(CC(=O)N1CCN(C(c2ccccc2)c2ccccc2)CC1)c1ccc(F)cc1. The molecular weight excluding hydrogens is 553 g/mol. The van der Waals surface area contributed by atoms with E-state index in [2.05, 4.69) is 29.2 Å². The van der Waals surface area contributed by atoms with Crippen molar-refractivity contribution in [1.29, 1.82) is 0 Å². The highest BCUT2D eigenvalue weighted by atomic mass is 32.2. The fourth-order valence-corrected chi connectivity index (χ4v) is 7.02. The number of carbonyl (C=O) groups is 1. The number of amides is 1. The van der Waals surface area contributed by atoms with E-state index in [1.54, 1.807) is 24.0 Å². The van der Waals surface area contributed by atoms with Gasteiger partial charge >= 0.3 is 0 Å². The number of ether oxygens (including phenoxy) is 1. The highest BCUT2D eigenvalue weighted by Gasteiger charge is 2.33. The number of sulfonamides is 1. The Morgan fingerprint density at radius 3 is 1.98 bits per heavy atom. The van der Waals surface area contributed by atoms with E-state index in [0.29, 0.717) is 26.2 Å². The summed E-state index contributed by atoms with van der Waals surface area (Å²) in [5.41, 5.74) is 3.26. The maximum absolute atomic E-state index is 14.0. The molecule has 0 N–H and O–H groups in total. The van der Waals surface area contributed by atoms with Crippen LogP contribution in [0.25, 0.3) is 0 Å². The molecule has 0 radical (unpaired) electrons. The third-order valence-corrected chi connectivity index (χ3v) is 9.34. The van der Waals surface area contributed by atoms with Crippen LogP contribution >= 0.6 is 0 Å². The molecule has 0 aromatic heterocycles. The molecule has 42 heavy (non-hydrogen) atoms. The van der Waals surface area contributed by atoms with Crippen LogP contribution in [0.2, 0.25) is 0 Å². The van der Waals surface area contributed by atoms with Crippen molar-refractivity contribution < 1.29 is 22.3 Å². The van der Waals surface area contributed by atoms with Gasteiger partial charge in [-0.1, -0.05) is 66.7 Å². The zero-order chi connectivity index (χ0) is 29.7. The predicted octanol–water partition coefficient (Wildman–Crippen LogP) is 5.27. The number of nitrogens with zero attached hydrogens (tertiary/aromatic N) is 3. The zero-order valence-electron chi connectivity index (χ0n) is 23.7. The lowest BCUT2D eigenvalue weighted by Gasteiger charge is -2.40. The maximum atomic E-state index is 14.0. The molecule has 1 fully saturated rings. The van der Waals surface area contributed by atoms with Crippen LogP contribution in [-0.4, -0.2) is 64.0 Å². The molecule has 0 atom stereocenters. The highest BCUT2D eigenvalue weighted by Crippen LogP contribution is 2.32. The summed E-state index contributed by atoms with van der Waals surface area (Å²) in [6.45, 7) is 3.49. The number of hydrogen-bond acceptors (Lipinski definition) is 5. The van der Waals surface area contributed by atoms with Gasteiger partial charge in [-0.2, -0.15) is 0 Å². The molecule has 1 amide bonds. The Hall–Kier alpha value is -4.21. The first kappa shape index (κ1) is 29.3. The molecule has 0 spiro atoms. The average molecular weight is 588 g/mol. The minimum atomic E-state index is -4.23. The van der Waals surface area contributed by atoms with Crippen molar-refractivity contribution in [2.75, 3.05) is 44.1 Å². The number of aryl methyl sites for hydroxylation is 1. The minimum Gasteiger partial charge on any atom is -0.495 e. The van der Waals surface area contributed by atoms with Crippen molar-refractivity contribution >= 4 is 21.6 Å². The number of methoxy groups -OCH3 is 1. The third kappa shape index (κ3) is 6.32. The molecule has 218 valence electrons. The van der Waals surface area contributed by atoms with E-state index in [9.17, 15) is 17.6 Å². The minimum absolute atomic E-state index is 0.0366. The van der Waals surface area contributed by atoms with Gasteiger partial charge in [0.1, 0.15) is 23.0 Å². The molecule has 9 heteroatoms. The number of anilines is 1. The quantitative estimate of drug-likeness (QED) is 0.267. The van der Waals surface area contributed by atoms with Crippen molar-refractivity contribution in [2.45, 2.75) is 17.9 Å². The Labute approximate surface area is 246 Å². The molecular formula is C33H34FN3O4S. The molecule has 0 unspecified atom stereocenters. The van der Waals surface area contributed by atoms with Gasteiger partial charge < -0.3 is 9.64 Å². The Balaban J connectivity index is 1.38. The van der Waals surface area contributed by atoms with E-state index in [0.717, 1.165) is 9.87 Å². The van der Waals surface area contributed by atoms with Crippen LogP contribution in [0.3, 0.4) is 0 Å². The van der Waals surface area contributed by atoms with Crippen molar-refractivity contribution in [1.82, 2.24) is 9.80 Å². The molecule has 4 aromatic carbocycles. The van der Waals surface area contributed by atoms with Crippen molar-refractivity contribution in [3.8, 4) is 5.75 Å². The number of halogens is 1. The van der Waals surface area contributed by atoms with Crippen LogP contribution in [0.4, 0.5) is 10.1 Å². The second-order valence-electron chi connectivity index (χ2n) is 10.3. The van der Waals surface area contributed by atoms with Gasteiger partial charge in [0.25, 0.3) is 10.0 Å². The molecule has 1 saturated heterocycles. The molecule has 1 aliphatic heterocycles. The Morgan fingerprint density at radius 2 is 1.43 bits per heavy atom. The van der Waals surface area contributed by atoms with Gasteiger partial charge in [0, 0.05) is 26.2 Å². The Kier molecular flexibility index (Phi) is 8.89. The normalized spacial score (nSPS) is 14.1. The summed E-state index contributed by atoms with van der Waals surface area (Å²) in [7, 11) is -2.84. The van der Waals surface area contributed by atoms with Crippen molar-refractivity contribution in [3.63, 3.8) is 0 Å². The number of carbonyl (C=O) groups excluding carboxylic acids is 1. The molecule has 0 aliphatic carbocycles. The van der Waals surface area contributed by atoms with Gasteiger partial charge in [-0.25, -0.2) is 12.8 Å². The second kappa shape index (κ2) is 12.8. The average Bonchev–Trinajstić information content (AvgIpc) is 3.02. The van der Waals surface area contributed by atoms with Crippen LogP contribution < -0.4 is 9.04 Å². The van der Waals surface area contributed by atoms with Crippen molar-refractivity contribution in [3.05, 3.63) is 126 Å². The molecule has 1 heterocycles. The summed E-state index contributed by atoms with van der Waals surface area (Å²) >= 11 is 0. The summed E-state index contributed by atoms with van der Waals surface area (Å²) < 4.78 is 48.2. The summed E-state index contributed by atoms with van der Waals surface area (Å²) in [6.07, 6.45) is 0. The summed E-state index contributed by atoms with van der Waals surface area (Å²) in [5, 5.41) is 0. The fourth-order valence-electron chi connectivity index (χ4n) is 5.36. The van der Waals surface area contributed by atoms with E-state index in [1.807, 2.05) is 36.4 Å². The van der Waals surface area contributed by atoms with Gasteiger partial charge in [0.05, 0.1) is 18.8 Å². The number of hydrogen-bond donors (Lipinski definition) is 0. The topological polar surface area (TPSA) is 70.2 Å². The molecule has 7 nitrogen and oxygen atoms in total. The van der Waals surface area contributed by atoms with E-state index >= 15 is 0 Å². The van der Waals surface area contributed by atoms with E-state index in [1.165, 1.54) is 48.6 Å². The molecule has 1 aliphatic rings. The monoisotopic (exact) mass is 587 g/mol. The molecule has 0 saturated carbocycles. The van der Waals surface area contributed by atoms with Crippen LogP contribution in [0, 0.1) is 12.7 Å². The van der Waals surface area contributed by atoms with Gasteiger partial charge in [0.15, 0.2) is 0 Å². The lowest BCUT2D eigenvalue weighted by Crippen LogP contribution is -2.52. The fraction of sp³-hybridized carbons (Fsp3) is 0.242. The van der Waals surface area contributed by atoms with E-state index in [4.69, 9.17) is 4.74 Å². The standard InChI is InChI=1S/C33H34FN3O4S/c1-25-13-18-30(41-2)31(23-25)42(39,40)37(29-16-14-28(34)15-17-29)24-32(38)35-19-21-36(22-20-35)33(26-9-5-3-6-10-26)27-11-7-4-8-12-27/h3-18,23,33H,19-22,24H2,1-2H3. The number of benzene rings is 4. The first-order chi connectivity index (χ1) is 20.3. The largest absolute Gasteiger partial charge is 0.495 e. The van der Waals surface area contributed by atoms with Gasteiger partial charge in [-0.15, -0.1) is 0 Å². The maximum Gasteiger partial charge on any atom is 0.268 e. The summed E-state index contributed by atoms with van der Waals surface area (Å²) in [6, 6.07) is 30.5. The molecule has 5 rings (SSSR count).